The van der Waals surface area contributed by atoms with Crippen LogP contribution >= 0.6 is 11.3 Å². The normalized spacial score (nSPS) is 11.5. The molecule has 0 saturated carbocycles. The molecule has 0 atom stereocenters. The summed E-state index contributed by atoms with van der Waals surface area (Å²) in [6, 6.07) is 15.5. The number of carbonyl (C=O) groups is 1. The Balaban J connectivity index is 1.72. The van der Waals surface area contributed by atoms with Gasteiger partial charge < -0.3 is 9.88 Å². The zero-order chi connectivity index (χ0) is 21.1. The molecule has 2 N–H and O–H groups in total. The molecule has 0 radical (unpaired) electrons. The number of aromatic amines is 1. The smallest absolute Gasteiger partial charge is 0.259 e. The lowest BCUT2D eigenvalue weighted by atomic mass is 10.1. The number of H-pyrrole nitrogens is 1. The maximum Gasteiger partial charge on any atom is 0.259 e. The van der Waals surface area contributed by atoms with E-state index in [1.54, 1.807) is 12.3 Å². The molecule has 0 aliphatic rings. The number of para-hydroxylation sites is 1. The number of thiazole rings is 1. The molecule has 0 bridgehead atoms. The topological polar surface area (TPSA) is 73.9 Å². The van der Waals surface area contributed by atoms with Gasteiger partial charge in [-0.15, -0.1) is 11.3 Å². The summed E-state index contributed by atoms with van der Waals surface area (Å²) in [6.45, 7) is 4.20. The lowest BCUT2D eigenvalue weighted by Crippen LogP contribution is -2.12. The van der Waals surface area contributed by atoms with Gasteiger partial charge in [-0.3, -0.25) is 10.1 Å². The number of allylic oxidation sites excluding steroid dienone is 2. The van der Waals surface area contributed by atoms with Gasteiger partial charge in [-0.2, -0.15) is 0 Å². The van der Waals surface area contributed by atoms with E-state index >= 15 is 0 Å². The maximum atomic E-state index is 12.8. The van der Waals surface area contributed by atoms with E-state index in [0.717, 1.165) is 22.4 Å². The number of nitrogens with one attached hydrogen (secondary N) is 2. The van der Waals surface area contributed by atoms with Crippen molar-refractivity contribution in [2.24, 2.45) is 0 Å². The lowest BCUT2D eigenvalue weighted by Gasteiger charge is -2.16. The largest absolute Gasteiger partial charge is 0.375 e. The van der Waals surface area contributed by atoms with Crippen LogP contribution in [0.1, 0.15) is 21.7 Å². The number of hydrogen-bond donors (Lipinski definition) is 2. The number of aromatic nitrogens is 3. The van der Waals surface area contributed by atoms with Crippen LogP contribution in [-0.4, -0.2) is 39.9 Å². The summed E-state index contributed by atoms with van der Waals surface area (Å²) in [5.74, 6) is 0.430. The van der Waals surface area contributed by atoms with Crippen LogP contribution in [0.2, 0.25) is 0 Å². The fraction of sp³-hybridized carbons (Fsp3) is 0.0870. The number of nitrogens with zero attached hydrogens (tertiary/aromatic N) is 3. The zero-order valence-electron chi connectivity index (χ0n) is 16.7. The molecule has 0 aliphatic heterocycles. The average molecular weight is 416 g/mol. The van der Waals surface area contributed by atoms with Crippen molar-refractivity contribution in [3.05, 3.63) is 89.7 Å². The number of imidazole rings is 1. The number of benzene rings is 2. The van der Waals surface area contributed by atoms with E-state index in [1.807, 2.05) is 72.9 Å². The van der Waals surface area contributed by atoms with Crippen LogP contribution in [0.15, 0.2) is 72.8 Å². The monoisotopic (exact) mass is 415 g/mol. The minimum atomic E-state index is -0.238. The summed E-state index contributed by atoms with van der Waals surface area (Å²) in [4.78, 5) is 26.9. The highest BCUT2D eigenvalue weighted by Crippen LogP contribution is 2.25. The van der Waals surface area contributed by atoms with E-state index < -0.39 is 0 Å². The number of hydrogen-bond acceptors (Lipinski definition) is 5. The van der Waals surface area contributed by atoms with Gasteiger partial charge in [0.2, 0.25) is 0 Å². The first-order valence-corrected chi connectivity index (χ1v) is 10.2. The second-order valence-corrected chi connectivity index (χ2v) is 7.79. The molecule has 6 nitrogen and oxygen atoms in total. The molecule has 0 unspecified atom stereocenters. The number of rotatable bonds is 6. The van der Waals surface area contributed by atoms with Crippen LogP contribution in [0.3, 0.4) is 0 Å². The molecule has 4 rings (SSSR count). The van der Waals surface area contributed by atoms with Crippen molar-refractivity contribution in [2.45, 2.75) is 0 Å². The molecule has 1 amide bonds. The second kappa shape index (κ2) is 8.34. The van der Waals surface area contributed by atoms with Crippen molar-refractivity contribution < 1.29 is 4.79 Å². The van der Waals surface area contributed by atoms with E-state index in [4.69, 9.17) is 4.98 Å². The fourth-order valence-electron chi connectivity index (χ4n) is 3.10. The van der Waals surface area contributed by atoms with E-state index in [0.29, 0.717) is 22.0 Å². The van der Waals surface area contributed by atoms with E-state index in [1.165, 1.54) is 11.3 Å². The third-order valence-corrected chi connectivity index (χ3v) is 5.28. The fourth-order valence-corrected chi connectivity index (χ4v) is 3.62. The predicted octanol–water partition coefficient (Wildman–Crippen LogP) is 4.89. The van der Waals surface area contributed by atoms with Crippen molar-refractivity contribution >= 4 is 44.7 Å². The van der Waals surface area contributed by atoms with Crippen LogP contribution in [0.25, 0.3) is 22.3 Å². The van der Waals surface area contributed by atoms with Gasteiger partial charge in [0.1, 0.15) is 5.52 Å². The van der Waals surface area contributed by atoms with E-state index in [-0.39, 0.29) is 5.91 Å². The first kappa shape index (κ1) is 19.6. The van der Waals surface area contributed by atoms with Gasteiger partial charge in [0, 0.05) is 25.7 Å². The molecular formula is C23H21N5OS. The third-order valence-electron chi connectivity index (χ3n) is 4.59. The van der Waals surface area contributed by atoms with Gasteiger partial charge in [0.05, 0.1) is 16.8 Å². The highest BCUT2D eigenvalue weighted by atomic mass is 32.1. The second-order valence-electron chi connectivity index (χ2n) is 6.89. The molecule has 7 heteroatoms. The van der Waals surface area contributed by atoms with Crippen molar-refractivity contribution in [2.75, 3.05) is 19.4 Å². The average Bonchev–Trinajstić information content (AvgIpc) is 3.41. The Kier molecular flexibility index (Phi) is 5.45. The van der Waals surface area contributed by atoms with Crippen LogP contribution in [0.4, 0.5) is 5.13 Å². The molecule has 0 aliphatic carbocycles. The van der Waals surface area contributed by atoms with Gasteiger partial charge in [0.15, 0.2) is 11.0 Å². The Morgan fingerprint density at radius 3 is 2.67 bits per heavy atom. The summed E-state index contributed by atoms with van der Waals surface area (Å²) in [6.07, 6.45) is 3.64. The van der Waals surface area contributed by atoms with Crippen LogP contribution in [0, 0.1) is 0 Å². The molecule has 0 saturated heterocycles. The summed E-state index contributed by atoms with van der Waals surface area (Å²) in [5.41, 5.74) is 4.67. The first-order valence-electron chi connectivity index (χ1n) is 9.36. The third kappa shape index (κ3) is 4.01. The molecule has 2 aromatic carbocycles. The number of carbonyl (C=O) groups excluding carboxylic acids is 1. The Labute approximate surface area is 178 Å². The van der Waals surface area contributed by atoms with Crippen molar-refractivity contribution in [1.82, 2.24) is 19.9 Å². The van der Waals surface area contributed by atoms with E-state index in [9.17, 15) is 4.79 Å². The molecular weight excluding hydrogens is 394 g/mol. The molecule has 30 heavy (non-hydrogen) atoms. The van der Waals surface area contributed by atoms with Gasteiger partial charge in [-0.1, -0.05) is 43.0 Å². The SMILES string of the molecule is C=C(/C=C(/c1nc2c(C(=O)Nc3nccs3)cccc2[nH]1)N(C)C)c1ccccc1. The first-order chi connectivity index (χ1) is 14.5. The van der Waals surface area contributed by atoms with Crippen molar-refractivity contribution in [1.29, 1.82) is 0 Å². The standard InChI is InChI=1S/C23H21N5OS/c1-15(16-8-5-4-6-9-16)14-19(28(2)3)21-25-18-11-7-10-17(20(18)26-21)22(29)27-23-24-12-13-30-23/h4-14H,1H2,2-3H3,(H,25,26)(H,24,27,29)/b19-14-. The zero-order valence-corrected chi connectivity index (χ0v) is 17.5. The summed E-state index contributed by atoms with van der Waals surface area (Å²) in [5, 5.41) is 5.19. The molecule has 2 aromatic heterocycles. The van der Waals surface area contributed by atoms with Crippen molar-refractivity contribution in [3.8, 4) is 0 Å². The number of anilines is 1. The Hall–Kier alpha value is -3.71. The molecule has 150 valence electrons. The lowest BCUT2D eigenvalue weighted by molar-refractivity contribution is 0.102. The number of amides is 1. The summed E-state index contributed by atoms with van der Waals surface area (Å²) in [7, 11) is 3.90. The number of fused-ring (bicyclic) bond motifs is 1. The highest BCUT2D eigenvalue weighted by molar-refractivity contribution is 7.13. The summed E-state index contributed by atoms with van der Waals surface area (Å²) >= 11 is 1.37. The molecule has 0 fully saturated rings. The Morgan fingerprint density at radius 2 is 1.97 bits per heavy atom. The summed E-state index contributed by atoms with van der Waals surface area (Å²) < 4.78 is 0. The van der Waals surface area contributed by atoms with Gasteiger partial charge in [0.25, 0.3) is 5.91 Å². The predicted molar refractivity (Wildman–Crippen MR) is 123 cm³/mol. The minimum Gasteiger partial charge on any atom is -0.375 e. The van der Waals surface area contributed by atoms with Gasteiger partial charge in [-0.05, 0) is 29.3 Å². The van der Waals surface area contributed by atoms with Crippen LogP contribution in [-0.2, 0) is 0 Å². The molecule has 4 aromatic rings. The maximum absolute atomic E-state index is 12.8. The quantitative estimate of drug-likeness (QED) is 0.440. The van der Waals surface area contributed by atoms with Crippen molar-refractivity contribution in [3.63, 3.8) is 0 Å². The molecule has 0 spiro atoms. The van der Waals surface area contributed by atoms with Gasteiger partial charge in [-0.25, -0.2) is 9.97 Å². The van der Waals surface area contributed by atoms with Crippen LogP contribution in [0.5, 0.6) is 0 Å². The Bertz CT molecular complexity index is 1220. The Morgan fingerprint density at radius 1 is 1.17 bits per heavy atom. The van der Waals surface area contributed by atoms with E-state index in [2.05, 4.69) is 21.9 Å². The minimum absolute atomic E-state index is 0.238. The van der Waals surface area contributed by atoms with Gasteiger partial charge >= 0.3 is 0 Å². The van der Waals surface area contributed by atoms with Crippen LogP contribution < -0.4 is 5.32 Å². The molecule has 2 heterocycles. The highest BCUT2D eigenvalue weighted by Gasteiger charge is 2.17.